The van der Waals surface area contributed by atoms with Crippen LogP contribution in [0.5, 0.6) is 0 Å². The van der Waals surface area contributed by atoms with Crippen LogP contribution >= 0.6 is 0 Å². The Morgan fingerprint density at radius 2 is 1.72 bits per heavy atom. The highest BCUT2D eigenvalue weighted by Gasteiger charge is 2.51. The Kier molecular flexibility index (Phi) is 5.66. The van der Waals surface area contributed by atoms with Gasteiger partial charge in [0, 0.05) is 24.6 Å². The standard InChI is InChI=1S/C25H33N5O2/c1-17-9-22(30(29-17)16-18-5-3-2-4-6-18)27-23(31)7-8-26-24(32)28-25-13-19-10-20(14-25)12-21(11-19)15-25/h2-6,9,19-21H,7-8,10-16H2,1H3,(H,27,31)(H2,26,28,32). The lowest BCUT2D eigenvalue weighted by Crippen LogP contribution is -2.61. The molecule has 3 amide bonds. The summed E-state index contributed by atoms with van der Waals surface area (Å²) in [6.45, 7) is 2.82. The molecule has 4 fully saturated rings. The van der Waals surface area contributed by atoms with Gasteiger partial charge in [0.15, 0.2) is 0 Å². The largest absolute Gasteiger partial charge is 0.338 e. The topological polar surface area (TPSA) is 88.0 Å². The second kappa shape index (κ2) is 8.60. The first-order valence-electron chi connectivity index (χ1n) is 11.9. The number of benzene rings is 1. The Bertz CT molecular complexity index is 948. The Hall–Kier alpha value is -2.83. The number of nitrogens with zero attached hydrogens (tertiary/aromatic N) is 2. The zero-order valence-corrected chi connectivity index (χ0v) is 18.8. The van der Waals surface area contributed by atoms with Crippen molar-refractivity contribution >= 4 is 17.8 Å². The summed E-state index contributed by atoms with van der Waals surface area (Å²) in [5.41, 5.74) is 1.96. The average Bonchev–Trinajstić information content (AvgIpc) is 3.05. The van der Waals surface area contributed by atoms with E-state index in [1.807, 2.05) is 43.3 Å². The number of aryl methyl sites for hydroxylation is 1. The number of carbonyl (C=O) groups is 2. The number of rotatable bonds is 7. The fourth-order valence-electron chi connectivity index (χ4n) is 6.57. The van der Waals surface area contributed by atoms with Gasteiger partial charge in [0.1, 0.15) is 5.82 Å². The molecule has 1 aromatic heterocycles. The highest BCUT2D eigenvalue weighted by atomic mass is 16.2. The van der Waals surface area contributed by atoms with Gasteiger partial charge in [-0.25, -0.2) is 9.48 Å². The molecule has 4 aliphatic carbocycles. The Balaban J connectivity index is 1.09. The van der Waals surface area contributed by atoms with Crippen molar-refractivity contribution in [1.82, 2.24) is 20.4 Å². The number of carbonyl (C=O) groups excluding carboxylic acids is 2. The molecule has 0 aliphatic heterocycles. The lowest BCUT2D eigenvalue weighted by Gasteiger charge is -2.56. The Labute approximate surface area is 189 Å². The second-order valence-electron chi connectivity index (χ2n) is 10.2. The molecule has 4 saturated carbocycles. The first kappa shape index (κ1) is 21.0. The van der Waals surface area contributed by atoms with Gasteiger partial charge in [-0.1, -0.05) is 30.3 Å². The molecule has 0 spiro atoms. The van der Waals surface area contributed by atoms with Crippen molar-refractivity contribution in [3.05, 3.63) is 47.7 Å². The number of aromatic nitrogens is 2. The smallest absolute Gasteiger partial charge is 0.315 e. The number of nitrogens with one attached hydrogen (secondary N) is 3. The van der Waals surface area contributed by atoms with Crippen LogP contribution in [0.25, 0.3) is 0 Å². The number of urea groups is 1. The molecule has 32 heavy (non-hydrogen) atoms. The van der Waals surface area contributed by atoms with Crippen LogP contribution in [0.1, 0.15) is 56.2 Å². The summed E-state index contributed by atoms with van der Waals surface area (Å²) in [6, 6.07) is 11.8. The average molecular weight is 436 g/mol. The van der Waals surface area contributed by atoms with Crippen molar-refractivity contribution < 1.29 is 9.59 Å². The minimum atomic E-state index is -0.135. The molecule has 6 rings (SSSR count). The van der Waals surface area contributed by atoms with E-state index in [1.165, 1.54) is 19.3 Å². The van der Waals surface area contributed by atoms with Crippen molar-refractivity contribution in [1.29, 1.82) is 0 Å². The summed E-state index contributed by atoms with van der Waals surface area (Å²) in [6.07, 6.45) is 7.64. The van der Waals surface area contributed by atoms with Crippen molar-refractivity contribution in [2.24, 2.45) is 17.8 Å². The maximum Gasteiger partial charge on any atom is 0.315 e. The third-order valence-electron chi connectivity index (χ3n) is 7.40. The van der Waals surface area contributed by atoms with Crippen LogP contribution < -0.4 is 16.0 Å². The zero-order valence-electron chi connectivity index (χ0n) is 18.8. The van der Waals surface area contributed by atoms with Gasteiger partial charge in [0.25, 0.3) is 0 Å². The molecule has 1 aromatic carbocycles. The van der Waals surface area contributed by atoms with Gasteiger partial charge >= 0.3 is 6.03 Å². The van der Waals surface area contributed by atoms with Gasteiger partial charge in [-0.15, -0.1) is 0 Å². The van der Waals surface area contributed by atoms with Crippen LogP contribution in [0, 0.1) is 24.7 Å². The van der Waals surface area contributed by atoms with E-state index in [4.69, 9.17) is 0 Å². The summed E-state index contributed by atoms with van der Waals surface area (Å²) in [5.74, 6) is 2.91. The quantitative estimate of drug-likeness (QED) is 0.617. The predicted molar refractivity (Wildman–Crippen MR) is 123 cm³/mol. The summed E-state index contributed by atoms with van der Waals surface area (Å²) >= 11 is 0. The van der Waals surface area contributed by atoms with Gasteiger partial charge in [-0.2, -0.15) is 5.10 Å². The molecule has 7 heteroatoms. The van der Waals surface area contributed by atoms with Crippen LogP contribution in [-0.2, 0) is 11.3 Å². The van der Waals surface area contributed by atoms with E-state index in [0.717, 1.165) is 48.3 Å². The molecular formula is C25H33N5O2. The van der Waals surface area contributed by atoms with Crippen molar-refractivity contribution in [2.75, 3.05) is 11.9 Å². The van der Waals surface area contributed by atoms with E-state index in [1.54, 1.807) is 4.68 Å². The number of hydrogen-bond donors (Lipinski definition) is 3. The highest BCUT2D eigenvalue weighted by Crippen LogP contribution is 2.55. The summed E-state index contributed by atoms with van der Waals surface area (Å²) in [4.78, 5) is 25.1. The number of amides is 3. The zero-order chi connectivity index (χ0) is 22.1. The van der Waals surface area contributed by atoms with Gasteiger partial charge in [-0.05, 0) is 68.8 Å². The first-order chi connectivity index (χ1) is 15.5. The van der Waals surface area contributed by atoms with Gasteiger partial charge < -0.3 is 16.0 Å². The summed E-state index contributed by atoms with van der Waals surface area (Å²) in [7, 11) is 0. The van der Waals surface area contributed by atoms with Crippen LogP contribution in [0.2, 0.25) is 0 Å². The maximum absolute atomic E-state index is 12.6. The molecule has 0 atom stereocenters. The molecular weight excluding hydrogens is 402 g/mol. The van der Waals surface area contributed by atoms with Gasteiger partial charge in [0.05, 0.1) is 12.2 Å². The summed E-state index contributed by atoms with van der Waals surface area (Å²) in [5, 5.41) is 13.6. The lowest BCUT2D eigenvalue weighted by molar-refractivity contribution is -0.116. The molecule has 0 radical (unpaired) electrons. The number of hydrogen-bond acceptors (Lipinski definition) is 3. The Morgan fingerprint density at radius 1 is 1.06 bits per heavy atom. The molecule has 2 aromatic rings. The fourth-order valence-corrected chi connectivity index (χ4v) is 6.57. The molecule has 4 aliphatic rings. The second-order valence-corrected chi connectivity index (χ2v) is 10.2. The molecule has 4 bridgehead atoms. The van der Waals surface area contributed by atoms with Gasteiger partial charge in [-0.3, -0.25) is 4.79 Å². The van der Waals surface area contributed by atoms with E-state index >= 15 is 0 Å². The van der Waals surface area contributed by atoms with Crippen molar-refractivity contribution in [2.45, 2.75) is 64.0 Å². The van der Waals surface area contributed by atoms with Crippen molar-refractivity contribution in [3.8, 4) is 0 Å². The predicted octanol–water partition coefficient (Wildman–Crippen LogP) is 3.84. The minimum Gasteiger partial charge on any atom is -0.338 e. The van der Waals surface area contributed by atoms with Crippen LogP contribution in [0.15, 0.2) is 36.4 Å². The normalized spacial score (nSPS) is 27.8. The number of anilines is 1. The van der Waals surface area contributed by atoms with E-state index < -0.39 is 0 Å². The third kappa shape index (κ3) is 4.66. The molecule has 3 N–H and O–H groups in total. The van der Waals surface area contributed by atoms with Gasteiger partial charge in [0.2, 0.25) is 5.91 Å². The summed E-state index contributed by atoms with van der Waals surface area (Å²) < 4.78 is 1.80. The Morgan fingerprint density at radius 3 is 2.38 bits per heavy atom. The lowest BCUT2D eigenvalue weighted by atomic mass is 9.53. The van der Waals surface area contributed by atoms with E-state index in [9.17, 15) is 9.59 Å². The SMILES string of the molecule is Cc1cc(NC(=O)CCNC(=O)NC23CC4CC(CC(C4)C2)C3)n(Cc2ccccc2)n1. The molecule has 1 heterocycles. The third-order valence-corrected chi connectivity index (χ3v) is 7.40. The monoisotopic (exact) mass is 435 g/mol. The van der Waals surface area contributed by atoms with Crippen LogP contribution in [0.4, 0.5) is 10.6 Å². The molecule has 170 valence electrons. The molecule has 7 nitrogen and oxygen atoms in total. The molecule has 0 saturated heterocycles. The van der Waals surface area contributed by atoms with Crippen LogP contribution in [0.3, 0.4) is 0 Å². The van der Waals surface area contributed by atoms with E-state index in [2.05, 4.69) is 21.0 Å². The minimum absolute atomic E-state index is 0.0114. The fraction of sp³-hybridized carbons (Fsp3) is 0.560. The highest BCUT2D eigenvalue weighted by molar-refractivity contribution is 5.90. The van der Waals surface area contributed by atoms with Crippen molar-refractivity contribution in [3.63, 3.8) is 0 Å². The van der Waals surface area contributed by atoms with Crippen LogP contribution in [-0.4, -0.2) is 33.8 Å². The van der Waals surface area contributed by atoms with E-state index in [0.29, 0.717) is 18.9 Å². The first-order valence-corrected chi connectivity index (χ1v) is 11.9. The maximum atomic E-state index is 12.6. The van der Waals surface area contributed by atoms with E-state index in [-0.39, 0.29) is 23.9 Å². The molecule has 0 unspecified atom stereocenters.